The van der Waals surface area contributed by atoms with Gasteiger partial charge < -0.3 is 24.5 Å². The zero-order valence-electron chi connectivity index (χ0n) is 22.3. The van der Waals surface area contributed by atoms with Gasteiger partial charge in [0, 0.05) is 56.8 Å². The number of rotatable bonds is 9. The summed E-state index contributed by atoms with van der Waals surface area (Å²) in [6.07, 6.45) is 2.26. The Kier molecular flexibility index (Phi) is 7.68. The van der Waals surface area contributed by atoms with Crippen LogP contribution in [0, 0.1) is 16.7 Å². The Labute approximate surface area is 224 Å². The van der Waals surface area contributed by atoms with Crippen LogP contribution >= 0.6 is 0 Å². The van der Waals surface area contributed by atoms with E-state index >= 15 is 0 Å². The predicted molar refractivity (Wildman–Crippen MR) is 143 cm³/mol. The summed E-state index contributed by atoms with van der Waals surface area (Å²) < 4.78 is 6.27. The number of hydrogen-bond acceptors (Lipinski definition) is 8. The number of nitriles is 1. The molecule has 0 spiro atoms. The van der Waals surface area contributed by atoms with Gasteiger partial charge in [0.05, 0.1) is 30.8 Å². The van der Waals surface area contributed by atoms with E-state index in [0.717, 1.165) is 56.0 Å². The molecular formula is C28H37N7O3. The van der Waals surface area contributed by atoms with E-state index in [4.69, 9.17) is 14.7 Å². The molecule has 10 nitrogen and oxygen atoms in total. The van der Waals surface area contributed by atoms with Crippen molar-refractivity contribution in [1.82, 2.24) is 24.7 Å². The van der Waals surface area contributed by atoms with Crippen molar-refractivity contribution in [3.05, 3.63) is 47.2 Å². The Balaban J connectivity index is 1.40. The summed E-state index contributed by atoms with van der Waals surface area (Å²) in [6, 6.07) is 12.6. The molecule has 1 aromatic carbocycles. The molecule has 1 aromatic heterocycles. The summed E-state index contributed by atoms with van der Waals surface area (Å²) in [5, 5.41) is 19.0. The Morgan fingerprint density at radius 3 is 2.68 bits per heavy atom. The number of ether oxygens (including phenoxy) is 1. The van der Waals surface area contributed by atoms with Crippen LogP contribution in [0.5, 0.6) is 6.01 Å². The van der Waals surface area contributed by atoms with Crippen molar-refractivity contribution in [2.45, 2.75) is 44.8 Å². The first kappa shape index (κ1) is 26.2. The molecule has 0 radical (unpaired) electrons. The van der Waals surface area contributed by atoms with Crippen molar-refractivity contribution < 1.29 is 14.6 Å². The van der Waals surface area contributed by atoms with E-state index in [1.807, 2.05) is 6.07 Å². The lowest BCUT2D eigenvalue weighted by molar-refractivity contribution is 0.118. The highest BCUT2D eigenvalue weighted by Gasteiger charge is 2.44. The quantitative estimate of drug-likeness (QED) is 0.535. The topological polar surface area (TPSA) is 109 Å². The molecule has 0 unspecified atom stereocenters. The zero-order valence-corrected chi connectivity index (χ0v) is 22.3. The van der Waals surface area contributed by atoms with Crippen LogP contribution < -0.4 is 9.64 Å². The Bertz CT molecular complexity index is 1180. The van der Waals surface area contributed by atoms with Gasteiger partial charge in [-0.2, -0.15) is 15.2 Å². The van der Waals surface area contributed by atoms with Gasteiger partial charge in [0.15, 0.2) is 0 Å². The standard InChI is InChI=1S/C28H37N7O3/c1-32(2)19-28(10-11-28)20-38-26-30-24-18-33(16-21-6-4-3-5-7-21)13-9-23(24)25(31-26)34-14-15-35(27(36)37)22(17-34)8-12-29/h3-7,22H,8-11,13-20H2,1-2H3,(H,36,37)/t22-/m0/s1. The maximum Gasteiger partial charge on any atom is 0.407 e. The molecule has 1 atom stereocenters. The predicted octanol–water partition coefficient (Wildman–Crippen LogP) is 2.84. The molecule has 1 N–H and O–H groups in total. The fourth-order valence-corrected chi connectivity index (χ4v) is 5.74. The van der Waals surface area contributed by atoms with E-state index in [1.165, 1.54) is 10.5 Å². The number of carboxylic acid groups (broad SMARTS) is 1. The van der Waals surface area contributed by atoms with Gasteiger partial charge in [-0.25, -0.2) is 4.79 Å². The average Bonchev–Trinajstić information content (AvgIpc) is 3.66. The number of hydrogen-bond donors (Lipinski definition) is 1. The monoisotopic (exact) mass is 519 g/mol. The van der Waals surface area contributed by atoms with Gasteiger partial charge in [0.25, 0.3) is 0 Å². The largest absolute Gasteiger partial charge is 0.465 e. The maximum atomic E-state index is 11.8. The maximum absolute atomic E-state index is 11.8. The number of fused-ring (bicyclic) bond motifs is 1. The minimum absolute atomic E-state index is 0.150. The van der Waals surface area contributed by atoms with Crippen LogP contribution in [0.25, 0.3) is 0 Å². The van der Waals surface area contributed by atoms with E-state index < -0.39 is 12.1 Å². The minimum atomic E-state index is -0.981. The number of piperazine rings is 1. The minimum Gasteiger partial charge on any atom is -0.465 e. The molecule has 2 aliphatic heterocycles. The number of amides is 1. The van der Waals surface area contributed by atoms with Gasteiger partial charge >= 0.3 is 12.1 Å². The summed E-state index contributed by atoms with van der Waals surface area (Å²) in [5.74, 6) is 0.829. The van der Waals surface area contributed by atoms with Crippen LogP contribution in [0.4, 0.5) is 10.6 Å². The fourth-order valence-electron chi connectivity index (χ4n) is 5.74. The van der Waals surface area contributed by atoms with Crippen molar-refractivity contribution in [2.24, 2.45) is 5.41 Å². The van der Waals surface area contributed by atoms with E-state index in [1.54, 1.807) is 0 Å². The van der Waals surface area contributed by atoms with Gasteiger partial charge in [0.2, 0.25) is 0 Å². The molecule has 1 saturated heterocycles. The highest BCUT2D eigenvalue weighted by Crippen LogP contribution is 2.46. The molecule has 202 valence electrons. The first-order chi connectivity index (χ1) is 18.4. The SMILES string of the molecule is CN(C)CC1(COc2nc3c(c(N4CCN(C(=O)O)[C@@H](CC#N)C4)n2)CCN(Cc2ccccc2)C3)CC1. The molecule has 2 fully saturated rings. The van der Waals surface area contributed by atoms with Crippen LogP contribution in [0.3, 0.4) is 0 Å². The number of anilines is 1. The van der Waals surface area contributed by atoms with Gasteiger partial charge in [-0.3, -0.25) is 4.90 Å². The van der Waals surface area contributed by atoms with Crippen LogP contribution in [0.1, 0.15) is 36.1 Å². The molecule has 0 bridgehead atoms. The van der Waals surface area contributed by atoms with Crippen LogP contribution in [-0.4, -0.2) is 95.3 Å². The third kappa shape index (κ3) is 6.00. The van der Waals surface area contributed by atoms with Crippen LogP contribution in [0.15, 0.2) is 30.3 Å². The number of carbonyl (C=O) groups is 1. The van der Waals surface area contributed by atoms with Crippen molar-refractivity contribution in [3.8, 4) is 12.1 Å². The lowest BCUT2D eigenvalue weighted by Crippen LogP contribution is -2.55. The molecule has 1 amide bonds. The molecule has 1 saturated carbocycles. The van der Waals surface area contributed by atoms with Crippen molar-refractivity contribution in [3.63, 3.8) is 0 Å². The smallest absolute Gasteiger partial charge is 0.407 e. The van der Waals surface area contributed by atoms with Crippen molar-refractivity contribution >= 4 is 11.9 Å². The lowest BCUT2D eigenvalue weighted by Gasteiger charge is -2.41. The molecule has 3 aliphatic rings. The third-order valence-corrected chi connectivity index (χ3v) is 7.82. The van der Waals surface area contributed by atoms with Gasteiger partial charge in [-0.15, -0.1) is 0 Å². The van der Waals surface area contributed by atoms with Gasteiger partial charge in [0.1, 0.15) is 5.82 Å². The fraction of sp³-hybridized carbons (Fsp3) is 0.571. The second-order valence-corrected chi connectivity index (χ2v) is 11.2. The zero-order chi connectivity index (χ0) is 26.7. The average molecular weight is 520 g/mol. The molecular weight excluding hydrogens is 482 g/mol. The second-order valence-electron chi connectivity index (χ2n) is 11.2. The van der Waals surface area contributed by atoms with Crippen molar-refractivity contribution in [2.75, 3.05) is 58.3 Å². The van der Waals surface area contributed by atoms with E-state index in [0.29, 0.717) is 38.8 Å². The number of nitrogens with zero attached hydrogens (tertiary/aromatic N) is 7. The second kappa shape index (κ2) is 11.1. The van der Waals surface area contributed by atoms with E-state index in [9.17, 15) is 15.2 Å². The Morgan fingerprint density at radius 2 is 2.00 bits per heavy atom. The molecule has 5 rings (SSSR count). The summed E-state index contributed by atoms with van der Waals surface area (Å²) in [6.45, 7) is 5.29. The molecule has 10 heteroatoms. The summed E-state index contributed by atoms with van der Waals surface area (Å²) in [7, 11) is 4.17. The van der Waals surface area contributed by atoms with Crippen LogP contribution in [0.2, 0.25) is 0 Å². The normalized spacial score (nSPS) is 20.6. The summed E-state index contributed by atoms with van der Waals surface area (Å²) in [4.78, 5) is 29.7. The third-order valence-electron chi connectivity index (χ3n) is 7.82. The summed E-state index contributed by atoms with van der Waals surface area (Å²) >= 11 is 0. The first-order valence-corrected chi connectivity index (χ1v) is 13.4. The molecule has 2 aromatic rings. The van der Waals surface area contributed by atoms with E-state index in [2.05, 4.69) is 59.1 Å². The van der Waals surface area contributed by atoms with Gasteiger partial charge in [-0.05, 0) is 38.9 Å². The summed E-state index contributed by atoms with van der Waals surface area (Å²) in [5.41, 5.74) is 3.51. The first-order valence-electron chi connectivity index (χ1n) is 13.4. The van der Waals surface area contributed by atoms with Crippen molar-refractivity contribution in [1.29, 1.82) is 5.26 Å². The highest BCUT2D eigenvalue weighted by atomic mass is 16.5. The lowest BCUT2D eigenvalue weighted by atomic mass is 10.0. The van der Waals surface area contributed by atoms with Crippen LogP contribution in [-0.2, 0) is 19.5 Å². The highest BCUT2D eigenvalue weighted by molar-refractivity contribution is 5.66. The van der Waals surface area contributed by atoms with E-state index in [-0.39, 0.29) is 11.8 Å². The molecule has 1 aliphatic carbocycles. The van der Waals surface area contributed by atoms with Gasteiger partial charge in [-0.1, -0.05) is 30.3 Å². The number of aromatic nitrogens is 2. The Morgan fingerprint density at radius 1 is 1.21 bits per heavy atom. The molecule has 3 heterocycles. The number of benzene rings is 1. The Hall–Kier alpha value is -3.42. The molecule has 38 heavy (non-hydrogen) atoms.